The van der Waals surface area contributed by atoms with Gasteiger partial charge in [-0.1, -0.05) is 42.1 Å². The number of nitrogens with one attached hydrogen (secondary N) is 2. The van der Waals surface area contributed by atoms with Gasteiger partial charge in [0.15, 0.2) is 5.16 Å². The van der Waals surface area contributed by atoms with Crippen LogP contribution in [-0.2, 0) is 11.8 Å². The minimum absolute atomic E-state index is 0.331. The fourth-order valence-electron chi connectivity index (χ4n) is 1.52. The molecule has 1 unspecified atom stereocenters. The summed E-state index contributed by atoms with van der Waals surface area (Å²) in [4.78, 5) is 23.2. The molecule has 0 aliphatic carbocycles. The Morgan fingerprint density at radius 3 is 2.68 bits per heavy atom. The van der Waals surface area contributed by atoms with Crippen LogP contribution in [-0.4, -0.2) is 20.7 Å². The molecule has 0 radical (unpaired) electrons. The van der Waals surface area contributed by atoms with E-state index in [2.05, 4.69) is 15.6 Å². The predicted octanol–water partition coefficient (Wildman–Crippen LogP) is -0.0683. The number of rotatable bonds is 4. The van der Waals surface area contributed by atoms with Crippen molar-refractivity contribution in [1.82, 2.24) is 20.2 Å². The molecule has 0 aliphatic heterocycles. The van der Waals surface area contributed by atoms with E-state index in [0.29, 0.717) is 5.16 Å². The Morgan fingerprint density at radius 1 is 1.47 bits per heavy atom. The van der Waals surface area contributed by atoms with Crippen molar-refractivity contribution in [3.05, 3.63) is 46.4 Å². The second-order valence-corrected chi connectivity index (χ2v) is 4.86. The molecule has 1 aromatic carbocycles. The van der Waals surface area contributed by atoms with Crippen LogP contribution in [0, 0.1) is 0 Å². The largest absolute Gasteiger partial charge is 0.343 e. The highest BCUT2D eigenvalue weighted by Crippen LogP contribution is 2.33. The zero-order valence-corrected chi connectivity index (χ0v) is 11.0. The number of hydrogen-bond acceptors (Lipinski definition) is 5. The van der Waals surface area contributed by atoms with Gasteiger partial charge in [-0.05, 0) is 5.56 Å². The number of benzene rings is 1. The van der Waals surface area contributed by atoms with E-state index in [1.807, 2.05) is 30.3 Å². The molecule has 0 bridgehead atoms. The normalized spacial score (nSPS) is 12.1. The summed E-state index contributed by atoms with van der Waals surface area (Å²) in [7, 11) is 1.58. The molecule has 1 heterocycles. The molecule has 100 valence electrons. The van der Waals surface area contributed by atoms with Gasteiger partial charge in [0.25, 0.3) is 5.91 Å². The van der Waals surface area contributed by atoms with Crippen LogP contribution in [0.25, 0.3) is 0 Å². The molecule has 19 heavy (non-hydrogen) atoms. The Kier molecular flexibility index (Phi) is 4.03. The smallest absolute Gasteiger partial charge is 0.293 e. The molecule has 7 nitrogen and oxygen atoms in total. The SMILES string of the molecule is Cn1c(SC(C(=O)NN)c2ccccc2)n[nH]c1=O. The number of aromatic amines is 1. The first-order valence-electron chi connectivity index (χ1n) is 5.47. The number of nitrogens with two attached hydrogens (primary N) is 1. The summed E-state index contributed by atoms with van der Waals surface area (Å²) < 4.78 is 1.34. The maximum absolute atomic E-state index is 11.9. The summed E-state index contributed by atoms with van der Waals surface area (Å²) in [5.74, 6) is 4.84. The summed E-state index contributed by atoms with van der Waals surface area (Å²) in [6, 6.07) is 9.15. The number of carbonyl (C=O) groups is 1. The third-order valence-corrected chi connectivity index (χ3v) is 3.84. The lowest BCUT2D eigenvalue weighted by Crippen LogP contribution is -2.33. The molecular formula is C11H13N5O2S. The van der Waals surface area contributed by atoms with Crippen LogP contribution in [0.15, 0.2) is 40.3 Å². The minimum atomic E-state index is -0.569. The van der Waals surface area contributed by atoms with Gasteiger partial charge in [0.1, 0.15) is 5.25 Å². The van der Waals surface area contributed by atoms with Crippen molar-refractivity contribution in [2.24, 2.45) is 12.9 Å². The Bertz CT molecular complexity index is 622. The van der Waals surface area contributed by atoms with E-state index in [-0.39, 0.29) is 11.6 Å². The van der Waals surface area contributed by atoms with Crippen molar-refractivity contribution in [3.8, 4) is 0 Å². The topological polar surface area (TPSA) is 106 Å². The average molecular weight is 279 g/mol. The van der Waals surface area contributed by atoms with E-state index in [1.54, 1.807) is 7.05 Å². The third kappa shape index (κ3) is 2.85. The zero-order valence-electron chi connectivity index (χ0n) is 10.2. The number of thioether (sulfide) groups is 1. The molecule has 0 saturated heterocycles. The Hall–Kier alpha value is -2.06. The molecule has 8 heteroatoms. The van der Waals surface area contributed by atoms with Crippen LogP contribution in [0.3, 0.4) is 0 Å². The van der Waals surface area contributed by atoms with Crippen LogP contribution in [0.1, 0.15) is 10.8 Å². The van der Waals surface area contributed by atoms with E-state index >= 15 is 0 Å². The quantitative estimate of drug-likeness (QED) is 0.314. The monoisotopic (exact) mass is 279 g/mol. The van der Waals surface area contributed by atoms with Crippen molar-refractivity contribution in [1.29, 1.82) is 0 Å². The van der Waals surface area contributed by atoms with Crippen LogP contribution in [0.2, 0.25) is 0 Å². The third-order valence-electron chi connectivity index (χ3n) is 2.54. The lowest BCUT2D eigenvalue weighted by molar-refractivity contribution is -0.120. The van der Waals surface area contributed by atoms with Crippen molar-refractivity contribution >= 4 is 17.7 Å². The van der Waals surface area contributed by atoms with Gasteiger partial charge in [0.2, 0.25) is 0 Å². The molecule has 0 saturated carbocycles. The second kappa shape index (κ2) is 5.72. The standard InChI is InChI=1S/C11H13N5O2S/c1-16-10(18)14-15-11(16)19-8(9(17)13-12)7-5-3-2-4-6-7/h2-6,8H,12H2,1H3,(H,13,17)(H,14,18). The molecule has 4 N–H and O–H groups in total. The molecule has 1 atom stereocenters. The number of carbonyl (C=O) groups excluding carboxylic acids is 1. The summed E-state index contributed by atoms with van der Waals surface area (Å²) in [6.45, 7) is 0. The molecule has 1 amide bonds. The molecular weight excluding hydrogens is 266 g/mol. The highest BCUT2D eigenvalue weighted by molar-refractivity contribution is 8.00. The summed E-state index contributed by atoms with van der Waals surface area (Å²) >= 11 is 1.15. The van der Waals surface area contributed by atoms with Gasteiger partial charge in [-0.25, -0.2) is 15.7 Å². The number of nitrogens with zero attached hydrogens (tertiary/aromatic N) is 2. The minimum Gasteiger partial charge on any atom is -0.293 e. The molecule has 2 rings (SSSR count). The van der Waals surface area contributed by atoms with Gasteiger partial charge >= 0.3 is 5.69 Å². The zero-order chi connectivity index (χ0) is 13.8. The first kappa shape index (κ1) is 13.4. The van der Waals surface area contributed by atoms with Gasteiger partial charge in [0.05, 0.1) is 0 Å². The second-order valence-electron chi connectivity index (χ2n) is 3.79. The van der Waals surface area contributed by atoms with Crippen molar-refractivity contribution in [3.63, 3.8) is 0 Å². The molecule has 0 aliphatic rings. The predicted molar refractivity (Wildman–Crippen MR) is 71.2 cm³/mol. The first-order chi connectivity index (χ1) is 9.13. The molecule has 0 fully saturated rings. The van der Waals surface area contributed by atoms with Crippen LogP contribution in [0.5, 0.6) is 0 Å². The van der Waals surface area contributed by atoms with Crippen LogP contribution >= 0.6 is 11.8 Å². The summed E-state index contributed by atoms with van der Waals surface area (Å²) in [5, 5.41) is 6.04. The first-order valence-corrected chi connectivity index (χ1v) is 6.35. The Morgan fingerprint density at radius 2 is 2.16 bits per heavy atom. The lowest BCUT2D eigenvalue weighted by Gasteiger charge is -2.14. The Labute approximate surface area is 113 Å². The number of amides is 1. The number of aromatic nitrogens is 3. The maximum Gasteiger partial charge on any atom is 0.343 e. The Balaban J connectivity index is 2.32. The van der Waals surface area contributed by atoms with Gasteiger partial charge in [0, 0.05) is 7.05 Å². The van der Waals surface area contributed by atoms with E-state index < -0.39 is 5.25 Å². The number of hydrazine groups is 1. The summed E-state index contributed by atoms with van der Waals surface area (Å²) in [5.41, 5.74) is 2.58. The van der Waals surface area contributed by atoms with Crippen LogP contribution in [0.4, 0.5) is 0 Å². The van der Waals surface area contributed by atoms with E-state index in [0.717, 1.165) is 17.3 Å². The number of H-pyrrole nitrogens is 1. The van der Waals surface area contributed by atoms with E-state index in [9.17, 15) is 9.59 Å². The number of hydrogen-bond donors (Lipinski definition) is 3. The van der Waals surface area contributed by atoms with Crippen molar-refractivity contribution in [2.75, 3.05) is 0 Å². The van der Waals surface area contributed by atoms with Gasteiger partial charge in [-0.2, -0.15) is 0 Å². The van der Waals surface area contributed by atoms with Gasteiger partial charge in [-0.15, -0.1) is 5.10 Å². The maximum atomic E-state index is 11.9. The van der Waals surface area contributed by atoms with Gasteiger partial charge < -0.3 is 0 Å². The fraction of sp³-hybridized carbons (Fsp3) is 0.182. The van der Waals surface area contributed by atoms with E-state index in [4.69, 9.17) is 5.84 Å². The fourth-order valence-corrected chi connectivity index (χ4v) is 2.54. The molecule has 0 spiro atoms. The molecule has 2 aromatic rings. The van der Waals surface area contributed by atoms with Crippen molar-refractivity contribution < 1.29 is 4.79 Å². The highest BCUT2D eigenvalue weighted by Gasteiger charge is 2.23. The van der Waals surface area contributed by atoms with Crippen LogP contribution < -0.4 is 17.0 Å². The molecule has 1 aromatic heterocycles. The van der Waals surface area contributed by atoms with Gasteiger partial charge in [-0.3, -0.25) is 14.8 Å². The summed E-state index contributed by atoms with van der Waals surface area (Å²) in [6.07, 6.45) is 0. The van der Waals surface area contributed by atoms with E-state index in [1.165, 1.54) is 4.57 Å². The lowest BCUT2D eigenvalue weighted by atomic mass is 10.1. The average Bonchev–Trinajstić information content (AvgIpc) is 2.76. The highest BCUT2D eigenvalue weighted by atomic mass is 32.2. The van der Waals surface area contributed by atoms with Crippen molar-refractivity contribution in [2.45, 2.75) is 10.4 Å².